The molecule has 1 N–H and O–H groups in total. The molecule has 1 aromatic carbocycles. The molecule has 1 heterocycles. The zero-order valence-electron chi connectivity index (χ0n) is 11.8. The molecule has 0 bridgehead atoms. The molecule has 118 valence electrons. The fraction of sp³-hybridized carbons (Fsp3) is 0.538. The van der Waals surface area contributed by atoms with Crippen molar-refractivity contribution in [2.45, 2.75) is 36.1 Å². The van der Waals surface area contributed by atoms with Crippen LogP contribution in [0.4, 0.5) is 0 Å². The van der Waals surface area contributed by atoms with Gasteiger partial charge in [-0.2, -0.15) is 0 Å². The van der Waals surface area contributed by atoms with E-state index in [1.165, 1.54) is 12.1 Å². The summed E-state index contributed by atoms with van der Waals surface area (Å²) in [5.74, 6) is -0.152. The Morgan fingerprint density at radius 3 is 2.19 bits per heavy atom. The van der Waals surface area contributed by atoms with Gasteiger partial charge in [-0.05, 0) is 23.6 Å². The Balaban J connectivity index is 2.19. The Hall–Kier alpha value is -0.630. The minimum absolute atomic E-state index is 0.111. The number of alkyl halides is 1. The number of sulfonamides is 1. The summed E-state index contributed by atoms with van der Waals surface area (Å²) in [7, 11) is -7.04. The molecule has 0 aromatic heterocycles. The molecule has 2 rings (SSSR count). The van der Waals surface area contributed by atoms with Crippen LogP contribution in [0.5, 0.6) is 0 Å². The second-order valence-electron chi connectivity index (χ2n) is 5.54. The summed E-state index contributed by atoms with van der Waals surface area (Å²) in [6.07, 6.45) is 0. The highest BCUT2D eigenvalue weighted by atomic mass is 35.5. The average molecular weight is 352 g/mol. The average Bonchev–Trinajstić information content (AvgIpc) is 2.61. The molecule has 1 aliphatic heterocycles. The summed E-state index contributed by atoms with van der Waals surface area (Å²) in [5.41, 5.74) is 1.03. The first-order valence-electron chi connectivity index (χ1n) is 6.57. The molecule has 0 amide bonds. The normalized spacial score (nSPS) is 25.3. The highest BCUT2D eigenvalue weighted by molar-refractivity contribution is 7.92. The van der Waals surface area contributed by atoms with Crippen molar-refractivity contribution < 1.29 is 16.8 Å². The molecule has 1 aromatic rings. The fourth-order valence-corrected chi connectivity index (χ4v) is 6.22. The van der Waals surface area contributed by atoms with E-state index in [1.807, 2.05) is 13.8 Å². The second-order valence-corrected chi connectivity index (χ2v) is 9.97. The van der Waals surface area contributed by atoms with Crippen molar-refractivity contribution in [2.75, 3.05) is 11.5 Å². The van der Waals surface area contributed by atoms with E-state index < -0.39 is 31.3 Å². The first kappa shape index (κ1) is 16.7. The van der Waals surface area contributed by atoms with E-state index in [0.29, 0.717) is 5.92 Å². The van der Waals surface area contributed by atoms with Crippen LogP contribution in [0, 0.1) is 0 Å². The van der Waals surface area contributed by atoms with Crippen molar-refractivity contribution in [3.63, 3.8) is 0 Å². The van der Waals surface area contributed by atoms with Crippen LogP contribution in [0.2, 0.25) is 0 Å². The molecule has 0 aliphatic carbocycles. The zero-order valence-corrected chi connectivity index (χ0v) is 14.2. The number of hydrogen-bond acceptors (Lipinski definition) is 4. The summed E-state index contributed by atoms with van der Waals surface area (Å²) in [6.45, 7) is 4.03. The van der Waals surface area contributed by atoms with Crippen molar-refractivity contribution in [3.8, 4) is 0 Å². The van der Waals surface area contributed by atoms with Gasteiger partial charge in [0.15, 0.2) is 9.84 Å². The monoisotopic (exact) mass is 351 g/mol. The maximum atomic E-state index is 12.3. The van der Waals surface area contributed by atoms with Gasteiger partial charge in [0, 0.05) is 0 Å². The molecule has 0 unspecified atom stereocenters. The lowest BCUT2D eigenvalue weighted by atomic mass is 10.0. The van der Waals surface area contributed by atoms with Crippen LogP contribution < -0.4 is 4.72 Å². The van der Waals surface area contributed by atoms with Crippen LogP contribution in [-0.4, -0.2) is 39.8 Å². The predicted octanol–water partition coefficient (Wildman–Crippen LogP) is 1.49. The quantitative estimate of drug-likeness (QED) is 0.833. The molecule has 0 radical (unpaired) electrons. The highest BCUT2D eigenvalue weighted by Crippen LogP contribution is 2.21. The highest BCUT2D eigenvalue weighted by Gasteiger charge is 2.38. The molecular weight excluding hydrogens is 334 g/mol. The van der Waals surface area contributed by atoms with Gasteiger partial charge < -0.3 is 0 Å². The third-order valence-electron chi connectivity index (χ3n) is 3.45. The summed E-state index contributed by atoms with van der Waals surface area (Å²) in [4.78, 5) is 0.111. The molecular formula is C13H18ClNO4S2. The fourth-order valence-electron chi connectivity index (χ4n) is 2.21. The van der Waals surface area contributed by atoms with Gasteiger partial charge in [-0.15, -0.1) is 11.6 Å². The van der Waals surface area contributed by atoms with Gasteiger partial charge in [-0.25, -0.2) is 21.6 Å². The number of rotatable bonds is 4. The van der Waals surface area contributed by atoms with Crippen molar-refractivity contribution in [1.82, 2.24) is 4.72 Å². The first-order chi connectivity index (χ1) is 9.61. The molecule has 8 heteroatoms. The molecule has 21 heavy (non-hydrogen) atoms. The molecule has 0 spiro atoms. The Bertz CT molecular complexity index is 711. The van der Waals surface area contributed by atoms with Gasteiger partial charge in [0.05, 0.1) is 27.8 Å². The summed E-state index contributed by atoms with van der Waals surface area (Å²) in [6, 6.07) is 5.76. The van der Waals surface area contributed by atoms with Crippen LogP contribution in [0.25, 0.3) is 0 Å². The van der Waals surface area contributed by atoms with Gasteiger partial charge in [-0.1, -0.05) is 26.0 Å². The number of nitrogens with one attached hydrogen (secondary N) is 1. The standard InChI is InChI=1S/C13H18ClNO4S2/c1-9(2)10-3-5-11(6-4-10)21(18,19)15-13-8-20(16,17)7-12(13)14/h3-6,9,12-13,15H,7-8H2,1-2H3/t12-,13+/m1/s1. The lowest BCUT2D eigenvalue weighted by Crippen LogP contribution is -2.40. The molecule has 1 aliphatic rings. The van der Waals surface area contributed by atoms with Gasteiger partial charge in [0.1, 0.15) is 0 Å². The van der Waals surface area contributed by atoms with E-state index >= 15 is 0 Å². The smallest absolute Gasteiger partial charge is 0.229 e. The minimum Gasteiger partial charge on any atom is -0.229 e. The third-order valence-corrected chi connectivity index (χ3v) is 7.33. The van der Waals surface area contributed by atoms with Crippen LogP contribution >= 0.6 is 11.6 Å². The summed E-state index contributed by atoms with van der Waals surface area (Å²) in [5, 5.41) is -0.736. The van der Waals surface area contributed by atoms with Crippen LogP contribution in [-0.2, 0) is 19.9 Å². The number of sulfone groups is 1. The maximum Gasteiger partial charge on any atom is 0.240 e. The zero-order chi connectivity index (χ0) is 15.8. The Morgan fingerprint density at radius 2 is 1.76 bits per heavy atom. The van der Waals surface area contributed by atoms with Crippen LogP contribution in [0.1, 0.15) is 25.3 Å². The van der Waals surface area contributed by atoms with Crippen molar-refractivity contribution in [2.24, 2.45) is 0 Å². The van der Waals surface area contributed by atoms with Gasteiger partial charge in [0.25, 0.3) is 0 Å². The SMILES string of the molecule is CC(C)c1ccc(S(=O)(=O)N[C@H]2CS(=O)(=O)C[C@H]2Cl)cc1. The van der Waals surface area contributed by atoms with Crippen molar-refractivity contribution >= 4 is 31.5 Å². The van der Waals surface area contributed by atoms with E-state index in [0.717, 1.165) is 5.56 Å². The predicted molar refractivity (Wildman–Crippen MR) is 82.9 cm³/mol. The number of hydrogen-bond donors (Lipinski definition) is 1. The summed E-state index contributed by atoms with van der Waals surface area (Å²) >= 11 is 5.92. The van der Waals surface area contributed by atoms with Crippen LogP contribution in [0.3, 0.4) is 0 Å². The Morgan fingerprint density at radius 1 is 1.19 bits per heavy atom. The van der Waals surface area contributed by atoms with Gasteiger partial charge in [0.2, 0.25) is 10.0 Å². The van der Waals surface area contributed by atoms with E-state index in [4.69, 9.17) is 11.6 Å². The van der Waals surface area contributed by atoms with Gasteiger partial charge >= 0.3 is 0 Å². The molecule has 0 saturated carbocycles. The maximum absolute atomic E-state index is 12.3. The van der Waals surface area contributed by atoms with E-state index in [-0.39, 0.29) is 16.4 Å². The summed E-state index contributed by atoms with van der Waals surface area (Å²) < 4.78 is 49.9. The topological polar surface area (TPSA) is 80.3 Å². The molecule has 1 fully saturated rings. The van der Waals surface area contributed by atoms with E-state index in [2.05, 4.69) is 4.72 Å². The number of benzene rings is 1. The molecule has 5 nitrogen and oxygen atoms in total. The van der Waals surface area contributed by atoms with Crippen molar-refractivity contribution in [3.05, 3.63) is 29.8 Å². The van der Waals surface area contributed by atoms with E-state index in [1.54, 1.807) is 12.1 Å². The second kappa shape index (κ2) is 5.87. The lowest BCUT2D eigenvalue weighted by Gasteiger charge is -2.15. The van der Waals surface area contributed by atoms with E-state index in [9.17, 15) is 16.8 Å². The molecule has 1 saturated heterocycles. The van der Waals surface area contributed by atoms with Crippen molar-refractivity contribution in [1.29, 1.82) is 0 Å². The van der Waals surface area contributed by atoms with Gasteiger partial charge in [-0.3, -0.25) is 0 Å². The largest absolute Gasteiger partial charge is 0.240 e. The third kappa shape index (κ3) is 3.97. The number of halogens is 1. The lowest BCUT2D eigenvalue weighted by molar-refractivity contribution is 0.563. The Labute approximate surface area is 130 Å². The van der Waals surface area contributed by atoms with Crippen LogP contribution in [0.15, 0.2) is 29.2 Å². The Kier molecular flexibility index (Phi) is 4.68. The first-order valence-corrected chi connectivity index (χ1v) is 10.3. The minimum atomic E-state index is -3.77. The molecule has 2 atom stereocenters.